The highest BCUT2D eigenvalue weighted by molar-refractivity contribution is 8.00. The van der Waals surface area contributed by atoms with E-state index in [1.54, 1.807) is 11.8 Å². The first kappa shape index (κ1) is 14.0. The molecule has 80 valence electrons. The minimum atomic E-state index is -3.78. The first-order valence-electron chi connectivity index (χ1n) is 3.77. The molecule has 13 heavy (non-hydrogen) atoms. The fourth-order valence-corrected chi connectivity index (χ4v) is 2.83. The van der Waals surface area contributed by atoms with Gasteiger partial charge in [-0.2, -0.15) is 45.4 Å². The number of thioether (sulfide) groups is 1. The predicted octanol–water partition coefficient (Wildman–Crippen LogP) is 1.23. The molecule has 0 rings (SSSR count). The average Bonchev–Trinajstić information content (AvgIpc) is 2.01. The molecule has 0 aliphatic rings. The first-order chi connectivity index (χ1) is 5.95. The number of rotatable bonds is 7. The maximum Gasteiger partial charge on any atom is 0.264 e. The van der Waals surface area contributed by atoms with Crippen LogP contribution in [0.25, 0.3) is 0 Å². The Hall–Kier alpha value is 0.960. The number of hydrogen-bond acceptors (Lipinski definition) is 5. The third kappa shape index (κ3) is 10.9. The maximum atomic E-state index is 10.3. The summed E-state index contributed by atoms with van der Waals surface area (Å²) in [5, 5.41) is 0.249. The molecule has 0 aliphatic heterocycles. The monoisotopic (exact) mass is 262 g/mol. The fraction of sp³-hybridized carbons (Fsp3) is 1.00. The van der Waals surface area contributed by atoms with Crippen molar-refractivity contribution in [3.8, 4) is 0 Å². The summed E-state index contributed by atoms with van der Waals surface area (Å²) in [5.41, 5.74) is 0. The lowest BCUT2D eigenvalue weighted by atomic mass is 10.5. The standard InChI is InChI=1S/C6H14O3S4/c7-13(8,9)3-1-2-12-5-6(11)4-10/h6,10-11H,1-5H2,(H,7,8,9). The van der Waals surface area contributed by atoms with E-state index in [2.05, 4.69) is 25.3 Å². The van der Waals surface area contributed by atoms with E-state index in [4.69, 9.17) is 4.55 Å². The molecule has 7 heteroatoms. The van der Waals surface area contributed by atoms with Gasteiger partial charge in [0.1, 0.15) is 0 Å². The molecule has 0 fully saturated rings. The molecule has 0 aromatic carbocycles. The summed E-state index contributed by atoms with van der Waals surface area (Å²) in [4.78, 5) is 0. The van der Waals surface area contributed by atoms with Gasteiger partial charge < -0.3 is 0 Å². The van der Waals surface area contributed by atoms with Crippen molar-refractivity contribution in [2.75, 3.05) is 23.0 Å². The Labute approximate surface area is 94.6 Å². The normalized spacial score (nSPS) is 14.4. The zero-order valence-electron chi connectivity index (χ0n) is 7.09. The molecular weight excluding hydrogens is 248 g/mol. The summed E-state index contributed by atoms with van der Waals surface area (Å²) in [7, 11) is -3.78. The third-order valence-corrected chi connectivity index (χ3v) is 4.57. The second kappa shape index (κ2) is 7.28. The molecule has 0 aliphatic carbocycles. The van der Waals surface area contributed by atoms with Gasteiger partial charge in [-0.05, 0) is 12.2 Å². The van der Waals surface area contributed by atoms with Crippen LogP contribution in [-0.2, 0) is 10.1 Å². The molecule has 0 aromatic heterocycles. The van der Waals surface area contributed by atoms with E-state index in [9.17, 15) is 8.42 Å². The summed E-state index contributed by atoms with van der Waals surface area (Å²) in [5.74, 6) is 2.15. The lowest BCUT2D eigenvalue weighted by molar-refractivity contribution is 0.482. The van der Waals surface area contributed by atoms with Gasteiger partial charge in [0.15, 0.2) is 0 Å². The van der Waals surface area contributed by atoms with Gasteiger partial charge >= 0.3 is 0 Å². The molecule has 0 amide bonds. The Bertz CT molecular complexity index is 214. The molecule has 1 N–H and O–H groups in total. The highest BCUT2D eigenvalue weighted by Gasteiger charge is 2.04. The van der Waals surface area contributed by atoms with Crippen LogP contribution in [0.3, 0.4) is 0 Å². The average molecular weight is 262 g/mol. The molecule has 0 spiro atoms. The number of hydrogen-bond donors (Lipinski definition) is 3. The summed E-state index contributed by atoms with van der Waals surface area (Å²) in [6.45, 7) is 0. The van der Waals surface area contributed by atoms with E-state index in [-0.39, 0.29) is 11.0 Å². The van der Waals surface area contributed by atoms with E-state index < -0.39 is 10.1 Å². The maximum absolute atomic E-state index is 10.3. The smallest absolute Gasteiger partial charge is 0.264 e. The van der Waals surface area contributed by atoms with E-state index >= 15 is 0 Å². The lowest BCUT2D eigenvalue weighted by Crippen LogP contribution is -2.07. The van der Waals surface area contributed by atoms with Crippen LogP contribution in [0, 0.1) is 0 Å². The zero-order valence-corrected chi connectivity index (χ0v) is 10.5. The van der Waals surface area contributed by atoms with Crippen LogP contribution in [0.2, 0.25) is 0 Å². The van der Waals surface area contributed by atoms with Crippen LogP contribution in [0.1, 0.15) is 6.42 Å². The molecule has 0 saturated carbocycles. The number of thiol groups is 2. The largest absolute Gasteiger partial charge is 0.286 e. The van der Waals surface area contributed by atoms with Gasteiger partial charge in [-0.15, -0.1) is 0 Å². The third-order valence-electron chi connectivity index (χ3n) is 1.21. The van der Waals surface area contributed by atoms with Crippen LogP contribution in [0.15, 0.2) is 0 Å². The minimum absolute atomic E-state index is 0.155. The van der Waals surface area contributed by atoms with Crippen molar-refractivity contribution in [3.05, 3.63) is 0 Å². The van der Waals surface area contributed by atoms with Gasteiger partial charge in [0.25, 0.3) is 10.1 Å². The zero-order chi connectivity index (χ0) is 10.3. The van der Waals surface area contributed by atoms with Crippen LogP contribution in [0.5, 0.6) is 0 Å². The summed E-state index contributed by atoms with van der Waals surface area (Å²) < 4.78 is 29.0. The molecule has 0 aromatic rings. The Morgan fingerprint density at radius 3 is 2.54 bits per heavy atom. The summed E-state index contributed by atoms with van der Waals surface area (Å²) in [6, 6.07) is 0. The second-order valence-electron chi connectivity index (χ2n) is 2.55. The second-order valence-corrected chi connectivity index (χ2v) is 6.37. The Kier molecular flexibility index (Phi) is 7.82. The van der Waals surface area contributed by atoms with Crippen LogP contribution in [0.4, 0.5) is 0 Å². The summed E-state index contributed by atoms with van der Waals surface area (Å²) >= 11 is 9.91. The Morgan fingerprint density at radius 1 is 1.46 bits per heavy atom. The van der Waals surface area contributed by atoms with Gasteiger partial charge in [0, 0.05) is 16.8 Å². The summed E-state index contributed by atoms with van der Waals surface area (Å²) in [6.07, 6.45) is 0.483. The highest BCUT2D eigenvalue weighted by atomic mass is 32.2. The van der Waals surface area contributed by atoms with Gasteiger partial charge in [-0.3, -0.25) is 4.55 Å². The van der Waals surface area contributed by atoms with Crippen molar-refractivity contribution in [2.24, 2.45) is 0 Å². The Balaban J connectivity index is 3.27. The van der Waals surface area contributed by atoms with Crippen molar-refractivity contribution in [1.29, 1.82) is 0 Å². The van der Waals surface area contributed by atoms with E-state index in [0.717, 1.165) is 11.5 Å². The molecule has 0 radical (unpaired) electrons. The van der Waals surface area contributed by atoms with Crippen molar-refractivity contribution < 1.29 is 13.0 Å². The van der Waals surface area contributed by atoms with Gasteiger partial charge in [0.2, 0.25) is 0 Å². The molecule has 0 heterocycles. The highest BCUT2D eigenvalue weighted by Crippen LogP contribution is 2.10. The molecule has 1 atom stereocenters. The van der Waals surface area contributed by atoms with Gasteiger partial charge in [-0.25, -0.2) is 0 Å². The minimum Gasteiger partial charge on any atom is -0.286 e. The molecule has 3 nitrogen and oxygen atoms in total. The van der Waals surface area contributed by atoms with Gasteiger partial charge in [-0.1, -0.05) is 0 Å². The molecular formula is C6H14O3S4. The topological polar surface area (TPSA) is 54.4 Å². The van der Waals surface area contributed by atoms with E-state index in [1.165, 1.54) is 0 Å². The molecule has 0 saturated heterocycles. The van der Waals surface area contributed by atoms with Crippen molar-refractivity contribution >= 4 is 47.1 Å². The van der Waals surface area contributed by atoms with Crippen molar-refractivity contribution in [2.45, 2.75) is 11.7 Å². The fourth-order valence-electron chi connectivity index (χ4n) is 0.615. The first-order valence-corrected chi connectivity index (χ1v) is 7.69. The van der Waals surface area contributed by atoms with Crippen molar-refractivity contribution in [3.63, 3.8) is 0 Å². The quantitative estimate of drug-likeness (QED) is 0.367. The predicted molar refractivity (Wildman–Crippen MR) is 65.0 cm³/mol. The molecule has 1 unspecified atom stereocenters. The van der Waals surface area contributed by atoms with Crippen LogP contribution in [-0.4, -0.2) is 41.2 Å². The Morgan fingerprint density at radius 2 is 2.08 bits per heavy atom. The molecule has 0 bridgehead atoms. The van der Waals surface area contributed by atoms with E-state index in [0.29, 0.717) is 12.2 Å². The lowest BCUT2D eigenvalue weighted by Gasteiger charge is -2.05. The van der Waals surface area contributed by atoms with Crippen LogP contribution < -0.4 is 0 Å². The van der Waals surface area contributed by atoms with Crippen molar-refractivity contribution in [1.82, 2.24) is 0 Å². The van der Waals surface area contributed by atoms with Gasteiger partial charge in [0.05, 0.1) is 5.75 Å². The van der Waals surface area contributed by atoms with E-state index in [1.807, 2.05) is 0 Å². The SMILES string of the molecule is O=S(=O)(O)CCCSCC(S)CS. The van der Waals surface area contributed by atoms with Crippen LogP contribution >= 0.6 is 37.0 Å².